The summed E-state index contributed by atoms with van der Waals surface area (Å²) in [6.45, 7) is 15.3. The number of aliphatic imine (C=N–C) groups is 1. The summed E-state index contributed by atoms with van der Waals surface area (Å²) in [5, 5.41) is 26.5. The van der Waals surface area contributed by atoms with Gasteiger partial charge in [-0.3, -0.25) is 33.7 Å². The number of fused-ring (bicyclic) bond motifs is 3. The average Bonchev–Trinajstić information content (AvgIpc) is 4.07. The maximum atomic E-state index is 14.4. The lowest BCUT2D eigenvalue weighted by Gasteiger charge is -2.35. The lowest BCUT2D eigenvalue weighted by molar-refractivity contribution is -0.142. The Balaban J connectivity index is 0.994. The van der Waals surface area contributed by atoms with Crippen LogP contribution in [0.3, 0.4) is 0 Å². The fraction of sp³-hybridized carbons (Fsp3) is 0.367. The number of aliphatic hydroxyl groups is 1. The number of benzene rings is 2. The summed E-state index contributed by atoms with van der Waals surface area (Å²) in [5.74, 6) is -0.567. The zero-order chi connectivity index (χ0) is 47.2. The van der Waals surface area contributed by atoms with E-state index in [0.717, 1.165) is 65.1 Å². The van der Waals surface area contributed by atoms with Crippen LogP contribution in [0.25, 0.3) is 26.6 Å². The number of β-amino-alcohol motifs (C(OH)–C–C–N with tert-alkyl or cyclic N) is 1. The van der Waals surface area contributed by atoms with Crippen molar-refractivity contribution < 1.29 is 29.0 Å². The summed E-state index contributed by atoms with van der Waals surface area (Å²) in [5.41, 5.74) is 9.13. The first-order valence-corrected chi connectivity index (χ1v) is 23.5. The van der Waals surface area contributed by atoms with Gasteiger partial charge in [0.2, 0.25) is 11.8 Å². The second kappa shape index (κ2) is 18.5. The number of carbonyl (C=O) groups excluding carboxylic acids is 4. The van der Waals surface area contributed by atoms with E-state index in [-0.39, 0.29) is 37.0 Å². The van der Waals surface area contributed by atoms with Crippen molar-refractivity contribution >= 4 is 52.1 Å². The van der Waals surface area contributed by atoms with Crippen LogP contribution in [0.15, 0.2) is 77.4 Å². The van der Waals surface area contributed by atoms with Gasteiger partial charge >= 0.3 is 5.97 Å². The van der Waals surface area contributed by atoms with Gasteiger partial charge in [-0.05, 0) is 80.0 Å². The Morgan fingerprint density at radius 2 is 1.61 bits per heavy atom. The number of aliphatic hydroxyl groups excluding tert-OH is 1. The topological polar surface area (TPSA) is 194 Å². The van der Waals surface area contributed by atoms with Crippen LogP contribution in [0, 0.1) is 33.1 Å². The molecule has 0 aliphatic carbocycles. The SMILES string of the molecule is COC(=O)C[C@@H]1N=C(c2ccc(-c3ccnc(C(=O)N[C@H](C(=O)N4C[C@H](O)C[C@H]4C(=O)N[C@@H](C)c4ccc(-c5scnc5C)cc4)C(C)(C)C)c3)cc2)c2c(sc(C)c2C)-n2c(C)nnc21. The molecule has 0 bridgehead atoms. The van der Waals surface area contributed by atoms with Gasteiger partial charge in [0, 0.05) is 35.2 Å². The van der Waals surface area contributed by atoms with E-state index < -0.39 is 47.4 Å². The Kier molecular flexibility index (Phi) is 12.9. The van der Waals surface area contributed by atoms with Crippen LogP contribution in [0.5, 0.6) is 0 Å². The number of methoxy groups -OCH3 is 1. The second-order valence-electron chi connectivity index (χ2n) is 18.0. The molecule has 15 nitrogen and oxygen atoms in total. The first-order chi connectivity index (χ1) is 31.4. The normalized spacial score (nSPS) is 17.8. The smallest absolute Gasteiger partial charge is 0.308 e. The third-order valence-electron chi connectivity index (χ3n) is 12.3. The molecule has 342 valence electrons. The van der Waals surface area contributed by atoms with E-state index in [2.05, 4.69) is 44.6 Å². The molecule has 0 spiro atoms. The van der Waals surface area contributed by atoms with E-state index in [0.29, 0.717) is 11.6 Å². The van der Waals surface area contributed by atoms with E-state index in [1.165, 1.54) is 12.0 Å². The van der Waals surface area contributed by atoms with Crippen molar-refractivity contribution in [1.29, 1.82) is 0 Å². The van der Waals surface area contributed by atoms with Crippen molar-refractivity contribution in [2.45, 2.75) is 98.5 Å². The Labute approximate surface area is 391 Å². The fourth-order valence-corrected chi connectivity index (χ4v) is 10.6. The minimum Gasteiger partial charge on any atom is -0.469 e. The highest BCUT2D eigenvalue weighted by molar-refractivity contribution is 7.15. The van der Waals surface area contributed by atoms with E-state index >= 15 is 0 Å². The highest BCUT2D eigenvalue weighted by Crippen LogP contribution is 2.40. The number of thiophene rings is 1. The van der Waals surface area contributed by atoms with Crippen LogP contribution in [0.1, 0.15) is 108 Å². The summed E-state index contributed by atoms with van der Waals surface area (Å²) in [7, 11) is 1.35. The van der Waals surface area contributed by atoms with Crippen molar-refractivity contribution in [3.05, 3.63) is 123 Å². The van der Waals surface area contributed by atoms with Gasteiger partial charge in [0.25, 0.3) is 5.91 Å². The lowest BCUT2D eigenvalue weighted by atomic mass is 9.85. The molecule has 2 aliphatic heterocycles. The largest absolute Gasteiger partial charge is 0.469 e. The van der Waals surface area contributed by atoms with Crippen molar-refractivity contribution in [1.82, 2.24) is 40.3 Å². The number of thiazole rings is 1. The fourth-order valence-electron chi connectivity index (χ4n) is 8.54. The number of nitrogens with zero attached hydrogens (tertiary/aromatic N) is 7. The first kappa shape index (κ1) is 46.1. The van der Waals surface area contributed by atoms with Crippen molar-refractivity contribution in [3.8, 4) is 26.6 Å². The number of likely N-dealkylation sites (tertiary alicyclic amines) is 1. The molecule has 3 amide bonds. The van der Waals surface area contributed by atoms with Crippen LogP contribution in [0.2, 0.25) is 0 Å². The van der Waals surface area contributed by atoms with Crippen LogP contribution in [0.4, 0.5) is 0 Å². The first-order valence-electron chi connectivity index (χ1n) is 21.8. The molecule has 1 saturated heterocycles. The number of hydrogen-bond donors (Lipinski definition) is 3. The number of rotatable bonds is 11. The van der Waals surface area contributed by atoms with Crippen molar-refractivity contribution in [2.24, 2.45) is 10.4 Å². The molecular formula is C49H53N9O6S2. The Morgan fingerprint density at radius 3 is 2.27 bits per heavy atom. The standard InChI is InChI=1S/C49H53N9O6S2/c1-25-28(4)66-48-40(25)41(53-36(22-39(60)64-9)44-56-55-29(5)58(44)48)32-14-12-31(13-15-32)34-18-19-50-37(20-34)45(61)54-43(49(6,7)8)47(63)57-23-35(59)21-38(57)46(62)52-26(2)30-10-16-33(17-11-30)42-27(3)51-24-65-42/h10-20,24,26,35-36,38,43,59H,21-23H2,1-9H3,(H,52,62)(H,54,61)/t26-,35+,36-,38-,43+/m0/s1. The molecule has 0 saturated carbocycles. The number of esters is 1. The quantitative estimate of drug-likeness (QED) is 0.112. The van der Waals surface area contributed by atoms with Gasteiger partial charge in [-0.2, -0.15) is 0 Å². The third kappa shape index (κ3) is 9.06. The van der Waals surface area contributed by atoms with E-state index in [1.54, 1.807) is 41.0 Å². The van der Waals surface area contributed by atoms with Gasteiger partial charge in [-0.15, -0.1) is 32.9 Å². The van der Waals surface area contributed by atoms with E-state index in [4.69, 9.17) is 9.73 Å². The average molecular weight is 928 g/mol. The monoisotopic (exact) mass is 927 g/mol. The highest BCUT2D eigenvalue weighted by Gasteiger charge is 2.45. The van der Waals surface area contributed by atoms with Gasteiger partial charge in [0.15, 0.2) is 5.82 Å². The predicted molar refractivity (Wildman–Crippen MR) is 254 cm³/mol. The zero-order valence-electron chi connectivity index (χ0n) is 38.4. The van der Waals surface area contributed by atoms with Crippen LogP contribution >= 0.6 is 22.7 Å². The number of amides is 3. The van der Waals surface area contributed by atoms with Gasteiger partial charge in [-0.25, -0.2) is 4.98 Å². The number of aryl methyl sites for hydroxylation is 3. The second-order valence-corrected chi connectivity index (χ2v) is 20.0. The molecule has 3 N–H and O–H groups in total. The molecule has 66 heavy (non-hydrogen) atoms. The van der Waals surface area contributed by atoms with E-state index in [1.807, 2.05) is 100 Å². The molecule has 5 atom stereocenters. The number of nitrogens with one attached hydrogen (secondary N) is 2. The molecule has 8 rings (SSSR count). The third-order valence-corrected chi connectivity index (χ3v) is 14.5. The molecule has 2 aromatic carbocycles. The number of ether oxygens (including phenoxy) is 1. The van der Waals surface area contributed by atoms with Crippen LogP contribution < -0.4 is 10.6 Å². The van der Waals surface area contributed by atoms with Crippen molar-refractivity contribution in [3.63, 3.8) is 0 Å². The minimum atomic E-state index is -1.05. The molecule has 1 fully saturated rings. The molecular weight excluding hydrogens is 875 g/mol. The molecule has 6 aromatic rings. The summed E-state index contributed by atoms with van der Waals surface area (Å²) >= 11 is 3.20. The Bertz CT molecular complexity index is 2860. The number of hydrogen-bond acceptors (Lipinski definition) is 13. The zero-order valence-corrected chi connectivity index (χ0v) is 40.0. The lowest BCUT2D eigenvalue weighted by Crippen LogP contribution is -2.58. The Hall–Kier alpha value is -6.43. The van der Waals surface area contributed by atoms with Gasteiger partial charge in [0.05, 0.1) is 47.5 Å². The summed E-state index contributed by atoms with van der Waals surface area (Å²) < 4.78 is 7.02. The summed E-state index contributed by atoms with van der Waals surface area (Å²) in [6, 6.07) is 16.2. The summed E-state index contributed by atoms with van der Waals surface area (Å²) in [4.78, 5) is 72.4. The minimum absolute atomic E-state index is 0.00719. The molecule has 17 heteroatoms. The molecule has 2 aliphatic rings. The van der Waals surface area contributed by atoms with Crippen molar-refractivity contribution in [2.75, 3.05) is 13.7 Å². The van der Waals surface area contributed by atoms with Gasteiger partial charge in [-0.1, -0.05) is 69.3 Å². The Morgan fingerprint density at radius 1 is 0.909 bits per heavy atom. The molecule has 4 aromatic heterocycles. The predicted octanol–water partition coefficient (Wildman–Crippen LogP) is 7.19. The number of carbonyl (C=O) groups is 4. The number of aromatic nitrogens is 5. The van der Waals surface area contributed by atoms with Crippen LogP contribution in [-0.4, -0.2) is 96.0 Å². The molecule has 6 heterocycles. The van der Waals surface area contributed by atoms with Gasteiger partial charge < -0.3 is 25.4 Å². The molecule has 0 radical (unpaired) electrons. The van der Waals surface area contributed by atoms with E-state index in [9.17, 15) is 24.3 Å². The maximum Gasteiger partial charge on any atom is 0.308 e. The highest BCUT2D eigenvalue weighted by atomic mass is 32.1. The molecule has 0 unspecified atom stereocenters. The number of pyridine rings is 1. The maximum absolute atomic E-state index is 14.4. The summed E-state index contributed by atoms with van der Waals surface area (Å²) in [6.07, 6.45) is 0.697. The van der Waals surface area contributed by atoms with Crippen LogP contribution in [-0.2, 0) is 19.1 Å². The van der Waals surface area contributed by atoms with Gasteiger partial charge in [0.1, 0.15) is 34.6 Å².